The molecule has 0 bridgehead atoms. The van der Waals surface area contributed by atoms with Gasteiger partial charge in [-0.1, -0.05) is 0 Å². The van der Waals surface area contributed by atoms with Crippen molar-refractivity contribution in [2.24, 2.45) is 0 Å². The second-order valence-corrected chi connectivity index (χ2v) is 6.73. The van der Waals surface area contributed by atoms with Crippen LogP contribution in [0.4, 0.5) is 20.4 Å². The maximum absolute atomic E-state index is 13.6. The molecule has 1 unspecified atom stereocenters. The minimum atomic E-state index is -3.09. The number of nitrogens with zero attached hydrogens (tertiary/aromatic N) is 1. The standard InChI is InChI=1S/C11H15F2N3O2S/c1-14-10-8(12)5-9(13)11(16-10)15-7-3-2-4-19(17,18)6-7/h5,7H,2-4,6H2,1H3,(H2,14,15,16). The molecule has 1 atom stereocenters. The van der Waals surface area contributed by atoms with Gasteiger partial charge in [0.1, 0.15) is 0 Å². The predicted molar refractivity (Wildman–Crippen MR) is 69.0 cm³/mol. The smallest absolute Gasteiger partial charge is 0.168 e. The normalized spacial score (nSPS) is 21.9. The van der Waals surface area contributed by atoms with E-state index in [1.807, 2.05) is 0 Å². The Balaban J connectivity index is 2.19. The first-order chi connectivity index (χ1) is 8.91. The van der Waals surface area contributed by atoms with Gasteiger partial charge < -0.3 is 10.6 Å². The molecular formula is C11H15F2N3O2S. The van der Waals surface area contributed by atoms with Crippen LogP contribution in [0.1, 0.15) is 12.8 Å². The van der Waals surface area contributed by atoms with Crippen molar-refractivity contribution >= 4 is 21.5 Å². The second-order valence-electron chi connectivity index (χ2n) is 4.50. The van der Waals surface area contributed by atoms with Gasteiger partial charge in [0.25, 0.3) is 0 Å². The molecule has 19 heavy (non-hydrogen) atoms. The topological polar surface area (TPSA) is 71.1 Å². The minimum Gasteiger partial charge on any atom is -0.371 e. The Bertz CT molecular complexity index is 578. The van der Waals surface area contributed by atoms with Crippen LogP contribution in [0.5, 0.6) is 0 Å². The van der Waals surface area contributed by atoms with Gasteiger partial charge in [-0.05, 0) is 12.8 Å². The minimum absolute atomic E-state index is 0.0552. The number of pyridine rings is 1. The highest BCUT2D eigenvalue weighted by Crippen LogP contribution is 2.22. The summed E-state index contributed by atoms with van der Waals surface area (Å²) in [6.07, 6.45) is 1.15. The number of hydrogen-bond acceptors (Lipinski definition) is 5. The number of sulfone groups is 1. The average molecular weight is 291 g/mol. The summed E-state index contributed by atoms with van der Waals surface area (Å²) in [5.74, 6) is -1.73. The molecule has 106 valence electrons. The molecule has 5 nitrogen and oxygen atoms in total. The third-order valence-corrected chi connectivity index (χ3v) is 4.79. The summed E-state index contributed by atoms with van der Waals surface area (Å²) in [5, 5.41) is 5.24. The van der Waals surface area contributed by atoms with Crippen molar-refractivity contribution in [2.75, 3.05) is 29.2 Å². The molecule has 2 heterocycles. The van der Waals surface area contributed by atoms with Crippen LogP contribution in [-0.4, -0.2) is 38.0 Å². The summed E-state index contributed by atoms with van der Waals surface area (Å²) >= 11 is 0. The second kappa shape index (κ2) is 5.28. The largest absolute Gasteiger partial charge is 0.371 e. The van der Waals surface area contributed by atoms with E-state index in [-0.39, 0.29) is 23.1 Å². The van der Waals surface area contributed by atoms with Crippen molar-refractivity contribution in [1.29, 1.82) is 0 Å². The number of nitrogens with one attached hydrogen (secondary N) is 2. The van der Waals surface area contributed by atoms with Crippen LogP contribution in [0.3, 0.4) is 0 Å². The van der Waals surface area contributed by atoms with E-state index in [0.29, 0.717) is 12.8 Å². The molecule has 1 saturated heterocycles. The van der Waals surface area contributed by atoms with E-state index in [2.05, 4.69) is 15.6 Å². The molecule has 0 amide bonds. The first-order valence-electron chi connectivity index (χ1n) is 5.92. The van der Waals surface area contributed by atoms with Gasteiger partial charge in [-0.2, -0.15) is 0 Å². The van der Waals surface area contributed by atoms with Gasteiger partial charge in [0.05, 0.1) is 11.5 Å². The van der Waals surface area contributed by atoms with Gasteiger partial charge in [-0.15, -0.1) is 0 Å². The fourth-order valence-electron chi connectivity index (χ4n) is 2.07. The van der Waals surface area contributed by atoms with E-state index in [1.165, 1.54) is 7.05 Å². The molecule has 1 fully saturated rings. The Labute approximate surface area is 110 Å². The van der Waals surface area contributed by atoms with E-state index >= 15 is 0 Å². The molecule has 8 heteroatoms. The Morgan fingerprint density at radius 3 is 2.63 bits per heavy atom. The fraction of sp³-hybridized carbons (Fsp3) is 0.545. The lowest BCUT2D eigenvalue weighted by Gasteiger charge is -2.23. The Morgan fingerprint density at radius 2 is 2.00 bits per heavy atom. The lowest BCUT2D eigenvalue weighted by Crippen LogP contribution is -2.35. The van der Waals surface area contributed by atoms with Crippen LogP contribution in [0.15, 0.2) is 6.07 Å². The summed E-state index contributed by atoms with van der Waals surface area (Å²) in [6.45, 7) is 0. The van der Waals surface area contributed by atoms with Crippen molar-refractivity contribution < 1.29 is 17.2 Å². The quantitative estimate of drug-likeness (QED) is 0.880. The highest BCUT2D eigenvalue weighted by molar-refractivity contribution is 7.91. The maximum Gasteiger partial charge on any atom is 0.168 e. The van der Waals surface area contributed by atoms with Gasteiger partial charge in [0.2, 0.25) is 0 Å². The maximum atomic E-state index is 13.6. The van der Waals surface area contributed by atoms with Crippen LogP contribution in [0.25, 0.3) is 0 Å². The highest BCUT2D eigenvalue weighted by atomic mass is 32.2. The van der Waals surface area contributed by atoms with Crippen LogP contribution < -0.4 is 10.6 Å². The molecule has 1 aliphatic rings. The number of hydrogen-bond donors (Lipinski definition) is 2. The lowest BCUT2D eigenvalue weighted by molar-refractivity contribution is 0.553. The molecule has 0 radical (unpaired) electrons. The van der Waals surface area contributed by atoms with E-state index < -0.39 is 27.5 Å². The summed E-state index contributed by atoms with van der Waals surface area (Å²) in [6, 6.07) is 0.328. The third kappa shape index (κ3) is 3.31. The Kier molecular flexibility index (Phi) is 3.88. The average Bonchev–Trinajstić information content (AvgIpc) is 2.31. The van der Waals surface area contributed by atoms with Crippen molar-refractivity contribution in [1.82, 2.24) is 4.98 Å². The predicted octanol–water partition coefficient (Wildman–Crippen LogP) is 1.39. The molecule has 2 N–H and O–H groups in total. The van der Waals surface area contributed by atoms with E-state index in [0.717, 1.165) is 6.07 Å². The Hall–Kier alpha value is -1.44. The van der Waals surface area contributed by atoms with Crippen LogP contribution in [-0.2, 0) is 9.84 Å². The van der Waals surface area contributed by atoms with Gasteiger partial charge in [0.15, 0.2) is 33.1 Å². The summed E-state index contributed by atoms with van der Waals surface area (Å²) in [4.78, 5) is 3.77. The van der Waals surface area contributed by atoms with Gasteiger partial charge >= 0.3 is 0 Å². The molecule has 2 rings (SSSR count). The van der Waals surface area contributed by atoms with E-state index in [9.17, 15) is 17.2 Å². The molecule has 0 aromatic carbocycles. The zero-order chi connectivity index (χ0) is 14.0. The van der Waals surface area contributed by atoms with Crippen molar-refractivity contribution in [2.45, 2.75) is 18.9 Å². The molecule has 0 saturated carbocycles. The highest BCUT2D eigenvalue weighted by Gasteiger charge is 2.26. The zero-order valence-electron chi connectivity index (χ0n) is 10.4. The van der Waals surface area contributed by atoms with E-state index in [4.69, 9.17) is 0 Å². The van der Waals surface area contributed by atoms with Crippen LogP contribution in [0, 0.1) is 11.6 Å². The van der Waals surface area contributed by atoms with Crippen molar-refractivity contribution in [3.05, 3.63) is 17.7 Å². The van der Waals surface area contributed by atoms with Gasteiger partial charge in [0, 0.05) is 19.2 Å². The Morgan fingerprint density at radius 1 is 1.32 bits per heavy atom. The molecule has 0 spiro atoms. The third-order valence-electron chi connectivity index (χ3n) is 2.97. The van der Waals surface area contributed by atoms with E-state index in [1.54, 1.807) is 0 Å². The van der Waals surface area contributed by atoms with Gasteiger partial charge in [-0.3, -0.25) is 0 Å². The molecule has 1 aliphatic heterocycles. The lowest BCUT2D eigenvalue weighted by atomic mass is 10.2. The zero-order valence-corrected chi connectivity index (χ0v) is 11.2. The first-order valence-corrected chi connectivity index (χ1v) is 7.74. The SMILES string of the molecule is CNc1nc(NC2CCCS(=O)(=O)C2)c(F)cc1F. The first kappa shape index (κ1) is 14.0. The number of anilines is 2. The molecular weight excluding hydrogens is 276 g/mol. The summed E-state index contributed by atoms with van der Waals surface area (Å²) in [5.41, 5.74) is 0. The van der Waals surface area contributed by atoms with Crippen LogP contribution >= 0.6 is 0 Å². The van der Waals surface area contributed by atoms with Gasteiger partial charge in [-0.25, -0.2) is 22.2 Å². The number of rotatable bonds is 3. The summed E-state index contributed by atoms with van der Waals surface area (Å²) in [7, 11) is -1.62. The fourth-order valence-corrected chi connectivity index (χ4v) is 3.71. The molecule has 0 aliphatic carbocycles. The van der Waals surface area contributed by atoms with Crippen molar-refractivity contribution in [3.63, 3.8) is 0 Å². The number of aromatic nitrogens is 1. The monoisotopic (exact) mass is 291 g/mol. The van der Waals surface area contributed by atoms with Crippen LogP contribution in [0.2, 0.25) is 0 Å². The number of halogens is 2. The van der Waals surface area contributed by atoms with Crippen molar-refractivity contribution in [3.8, 4) is 0 Å². The molecule has 1 aromatic rings. The molecule has 1 aromatic heterocycles. The summed E-state index contributed by atoms with van der Waals surface area (Å²) < 4.78 is 49.8.